The van der Waals surface area contributed by atoms with Crippen LogP contribution in [0.1, 0.15) is 0 Å². The minimum absolute atomic E-state index is 1.34. The van der Waals surface area contributed by atoms with Gasteiger partial charge in [0.05, 0.1) is 0 Å². The van der Waals surface area contributed by atoms with Crippen molar-refractivity contribution in [3.8, 4) is 36.0 Å². The molecule has 1 radical (unpaired) electrons. The minimum Gasteiger partial charge on any atom is -0.275 e. The third-order valence-corrected chi connectivity index (χ3v) is 0.311. The molecule has 35 valence electrons. The molecule has 0 N–H and O–H groups in total. The lowest BCUT2D eigenvalue weighted by Gasteiger charge is -1.48. The Bertz CT molecular complexity index is 221. The van der Waals surface area contributed by atoms with Crippen molar-refractivity contribution in [2.75, 3.05) is 0 Å². The molecule has 1 heteroatoms. The Kier molecular flexibility index (Phi) is 4.25. The number of hydrogen-bond donors (Lipinski definition) is 0. The lowest BCUT2D eigenvalue weighted by Crippen LogP contribution is -1.56. The van der Waals surface area contributed by atoms with E-state index in [9.17, 15) is 4.79 Å². The first-order chi connectivity index (χ1) is 3.91. The maximum atomic E-state index is 9.35. The molecule has 1 nitrogen and oxygen atoms in total. The Hall–Kier alpha value is -1.65. The van der Waals surface area contributed by atoms with Crippen molar-refractivity contribution in [3.63, 3.8) is 0 Å². The fraction of sp³-hybridized carbons (Fsp3) is 0. The summed E-state index contributed by atoms with van der Waals surface area (Å²) in [4.78, 5) is 9.35. The maximum absolute atomic E-state index is 9.35. The van der Waals surface area contributed by atoms with Crippen molar-refractivity contribution in [1.29, 1.82) is 0 Å². The Morgan fingerprint density at radius 1 is 1.00 bits per heavy atom. The van der Waals surface area contributed by atoms with Crippen molar-refractivity contribution in [2.45, 2.75) is 0 Å². The molecule has 0 bridgehead atoms. The van der Waals surface area contributed by atoms with E-state index in [1.165, 1.54) is 6.29 Å². The molecule has 0 heterocycles. The molecule has 0 saturated heterocycles. The van der Waals surface area contributed by atoms with Crippen LogP contribution in [0.4, 0.5) is 0 Å². The molecule has 0 unspecified atom stereocenters. The van der Waals surface area contributed by atoms with Crippen LogP contribution in [0.3, 0.4) is 0 Å². The van der Waals surface area contributed by atoms with Gasteiger partial charge in [0.15, 0.2) is 0 Å². The summed E-state index contributed by atoms with van der Waals surface area (Å²) in [5.41, 5.74) is 0. The number of terminal acetylenes is 1. The highest BCUT2D eigenvalue weighted by atomic mass is 16.1. The molecule has 0 aliphatic heterocycles. The summed E-state index contributed by atoms with van der Waals surface area (Å²) in [5, 5.41) is 0. The molecular weight excluding hydrogens is 100 g/mol. The zero-order chi connectivity index (χ0) is 6.24. The van der Waals surface area contributed by atoms with E-state index in [2.05, 4.69) is 17.8 Å². The second-order valence-corrected chi connectivity index (χ2v) is 0.746. The van der Waals surface area contributed by atoms with Gasteiger partial charge < -0.3 is 0 Å². The van der Waals surface area contributed by atoms with Gasteiger partial charge in [0.2, 0.25) is 0 Å². The molecule has 0 rings (SSSR count). The van der Waals surface area contributed by atoms with E-state index in [0.29, 0.717) is 0 Å². The molecule has 0 fully saturated rings. The van der Waals surface area contributed by atoms with Crippen LogP contribution in [0, 0.1) is 36.0 Å². The zero-order valence-electron chi connectivity index (χ0n) is 3.99. The quantitative estimate of drug-likeness (QED) is 0.384. The molecule has 0 aliphatic carbocycles. The van der Waals surface area contributed by atoms with Crippen molar-refractivity contribution < 1.29 is 4.79 Å². The van der Waals surface area contributed by atoms with E-state index >= 15 is 0 Å². The summed E-state index contributed by atoms with van der Waals surface area (Å²) < 4.78 is 0. The molecule has 0 spiro atoms. The van der Waals surface area contributed by atoms with E-state index in [0.717, 1.165) is 0 Å². The number of rotatable bonds is 0. The second-order valence-electron chi connectivity index (χ2n) is 0.746. The van der Waals surface area contributed by atoms with Crippen molar-refractivity contribution in [1.82, 2.24) is 0 Å². The summed E-state index contributed by atoms with van der Waals surface area (Å²) in [6, 6.07) is 0. The van der Waals surface area contributed by atoms with Gasteiger partial charge in [-0.2, -0.15) is 0 Å². The molecular formula is C7HO. The molecule has 8 heavy (non-hydrogen) atoms. The molecule has 0 atom stereocenters. The van der Waals surface area contributed by atoms with E-state index in [-0.39, 0.29) is 0 Å². The second kappa shape index (κ2) is 5.35. The SMILES string of the molecule is C#CC#CC#C[C]=O. The van der Waals surface area contributed by atoms with Gasteiger partial charge in [-0.05, 0) is 29.6 Å². The predicted octanol–water partition coefficient (Wildman–Crippen LogP) is -0.264. The lowest BCUT2D eigenvalue weighted by molar-refractivity contribution is 0.566. The van der Waals surface area contributed by atoms with Crippen molar-refractivity contribution in [2.24, 2.45) is 0 Å². The molecule has 0 aromatic heterocycles. The van der Waals surface area contributed by atoms with E-state index in [1.807, 2.05) is 11.8 Å². The van der Waals surface area contributed by atoms with Crippen LogP contribution in [0.2, 0.25) is 0 Å². The van der Waals surface area contributed by atoms with Crippen molar-refractivity contribution >= 4 is 6.29 Å². The van der Waals surface area contributed by atoms with Crippen molar-refractivity contribution in [3.05, 3.63) is 0 Å². The first-order valence-electron chi connectivity index (χ1n) is 1.74. The van der Waals surface area contributed by atoms with E-state index in [1.54, 1.807) is 0 Å². The highest BCUT2D eigenvalue weighted by Gasteiger charge is 1.54. The monoisotopic (exact) mass is 101 g/mol. The van der Waals surface area contributed by atoms with E-state index in [4.69, 9.17) is 6.42 Å². The number of hydrogen-bond acceptors (Lipinski definition) is 1. The number of carbonyl (C=O) groups excluding carboxylic acids is 1. The smallest absolute Gasteiger partial charge is 0.275 e. The van der Waals surface area contributed by atoms with Crippen LogP contribution < -0.4 is 0 Å². The maximum Gasteiger partial charge on any atom is 0.285 e. The summed E-state index contributed by atoms with van der Waals surface area (Å²) in [6.07, 6.45) is 6.07. The van der Waals surface area contributed by atoms with Gasteiger partial charge in [-0.1, -0.05) is 0 Å². The van der Waals surface area contributed by atoms with Crippen LogP contribution in [0.15, 0.2) is 0 Å². The Morgan fingerprint density at radius 3 is 2.12 bits per heavy atom. The molecule has 0 aromatic carbocycles. The van der Waals surface area contributed by atoms with Crippen LogP contribution in [0.25, 0.3) is 0 Å². The molecule has 0 aliphatic rings. The standard InChI is InChI=1S/C7HO/c1-2-3-4-5-6-7-8/h1H. The van der Waals surface area contributed by atoms with Crippen LogP contribution in [-0.4, -0.2) is 6.29 Å². The zero-order valence-corrected chi connectivity index (χ0v) is 3.99. The van der Waals surface area contributed by atoms with Crippen LogP contribution in [0.5, 0.6) is 0 Å². The van der Waals surface area contributed by atoms with Crippen LogP contribution >= 0.6 is 0 Å². The van der Waals surface area contributed by atoms with Crippen LogP contribution in [-0.2, 0) is 4.79 Å². The normalized spacial score (nSPS) is 3.88. The Labute approximate surface area is 48.1 Å². The Balaban J connectivity index is 3.79. The Morgan fingerprint density at radius 2 is 1.62 bits per heavy atom. The molecule has 0 amide bonds. The third kappa shape index (κ3) is 4.35. The summed E-state index contributed by atoms with van der Waals surface area (Å²) in [6.45, 7) is 0. The highest BCUT2D eigenvalue weighted by Crippen LogP contribution is 1.47. The van der Waals surface area contributed by atoms with Gasteiger partial charge in [-0.25, -0.2) is 0 Å². The fourth-order valence-electron chi connectivity index (χ4n) is 0.124. The fourth-order valence-corrected chi connectivity index (χ4v) is 0.124. The minimum atomic E-state index is 1.34. The van der Waals surface area contributed by atoms with Gasteiger partial charge in [0.1, 0.15) is 0 Å². The van der Waals surface area contributed by atoms with Gasteiger partial charge in [-0.3, -0.25) is 4.79 Å². The first-order valence-corrected chi connectivity index (χ1v) is 1.74. The highest BCUT2D eigenvalue weighted by molar-refractivity contribution is 5.74. The predicted molar refractivity (Wildman–Crippen MR) is 30.1 cm³/mol. The average molecular weight is 101 g/mol. The largest absolute Gasteiger partial charge is 0.285 e. The lowest BCUT2D eigenvalue weighted by atomic mass is 10.5. The summed E-state index contributed by atoms with van der Waals surface area (Å²) in [5.74, 6) is 10.6. The molecule has 0 aromatic rings. The topological polar surface area (TPSA) is 17.1 Å². The third-order valence-electron chi connectivity index (χ3n) is 0.311. The van der Waals surface area contributed by atoms with Gasteiger partial charge in [0, 0.05) is 0 Å². The van der Waals surface area contributed by atoms with E-state index < -0.39 is 0 Å². The van der Waals surface area contributed by atoms with Gasteiger partial charge in [0.25, 0.3) is 6.29 Å². The first kappa shape index (κ1) is 6.35. The van der Waals surface area contributed by atoms with Gasteiger partial charge >= 0.3 is 0 Å². The summed E-state index contributed by atoms with van der Waals surface area (Å²) in [7, 11) is 0. The molecule has 0 saturated carbocycles. The summed E-state index contributed by atoms with van der Waals surface area (Å²) >= 11 is 0. The average Bonchev–Trinajstić information content (AvgIpc) is 1.81. The van der Waals surface area contributed by atoms with Gasteiger partial charge in [-0.15, -0.1) is 6.42 Å².